The maximum atomic E-state index is 14.3. The van der Waals surface area contributed by atoms with Crippen molar-refractivity contribution in [3.63, 3.8) is 0 Å². The van der Waals surface area contributed by atoms with Crippen LogP contribution < -0.4 is 70.8 Å². The quantitative estimate of drug-likeness (QED) is 0.0168. The lowest BCUT2D eigenvalue weighted by Crippen LogP contribution is -2.29. The van der Waals surface area contributed by atoms with Crippen molar-refractivity contribution in [1.29, 1.82) is 10.5 Å². The van der Waals surface area contributed by atoms with Gasteiger partial charge in [0.1, 0.15) is 82.0 Å². The fraction of sp³-hybridized carbons (Fsp3) is 0.172. The van der Waals surface area contributed by atoms with E-state index in [1.807, 2.05) is 180 Å². The summed E-state index contributed by atoms with van der Waals surface area (Å²) >= 11 is 0. The van der Waals surface area contributed by atoms with Crippen LogP contribution in [0.15, 0.2) is 245 Å². The van der Waals surface area contributed by atoms with Crippen molar-refractivity contribution >= 4 is 90.8 Å². The molecule has 0 aliphatic heterocycles. The molecule has 6 aromatic heterocycles. The number of aromatic nitrogens is 12. The smallest absolute Gasteiger partial charge is 0.274 e. The van der Waals surface area contributed by atoms with Crippen molar-refractivity contribution in [3.05, 3.63) is 347 Å². The van der Waals surface area contributed by atoms with Gasteiger partial charge < -0.3 is 37.6 Å². The molecule has 0 fully saturated rings. The fourth-order valence-electron chi connectivity index (χ4n) is 14.4. The second kappa shape index (κ2) is 40.3. The number of amides is 3. The van der Waals surface area contributed by atoms with Gasteiger partial charge in [0, 0.05) is 65.1 Å². The van der Waals surface area contributed by atoms with Crippen LogP contribution in [0, 0.1) is 50.4 Å². The summed E-state index contributed by atoms with van der Waals surface area (Å²) in [6.45, 7) is 14.4. The number of hydroxylamine groups is 3. The van der Waals surface area contributed by atoms with Gasteiger partial charge in [-0.3, -0.25) is 58.1 Å². The predicted octanol–water partition coefficient (Wildman–Crippen LogP) is 14.0. The first-order valence-corrected chi connectivity index (χ1v) is 40.2. The summed E-state index contributed by atoms with van der Waals surface area (Å²) in [4.78, 5) is 119. The molecule has 33 heteroatoms. The zero-order valence-corrected chi connectivity index (χ0v) is 69.5. The van der Waals surface area contributed by atoms with Gasteiger partial charge in [-0.05, 0) is 173 Å². The Balaban J connectivity index is 0.000000162. The van der Waals surface area contributed by atoms with Crippen molar-refractivity contribution in [2.24, 2.45) is 0 Å². The van der Waals surface area contributed by atoms with Gasteiger partial charge in [-0.2, -0.15) is 10.5 Å². The zero-order chi connectivity index (χ0) is 89.1. The number of nitrogens with one attached hydrogen (secondary N) is 9. The van der Waals surface area contributed by atoms with Crippen LogP contribution in [-0.4, -0.2) is 91.9 Å². The summed E-state index contributed by atoms with van der Waals surface area (Å²) < 4.78 is 4.83. The topological polar surface area (TPSA) is 476 Å². The van der Waals surface area contributed by atoms with Crippen molar-refractivity contribution in [3.8, 4) is 29.2 Å². The highest BCUT2D eigenvalue weighted by molar-refractivity contribution is 5.96. The van der Waals surface area contributed by atoms with Crippen molar-refractivity contribution in [2.75, 3.05) is 37.6 Å². The van der Waals surface area contributed by atoms with E-state index in [2.05, 4.69) is 67.9 Å². The summed E-state index contributed by atoms with van der Waals surface area (Å²) in [5.41, 5.74) is 21.0. The third-order valence-electron chi connectivity index (χ3n) is 20.6. The average molecular weight is 1690 g/mol. The Bertz CT molecular complexity index is 6770. The number of nitrogens with two attached hydrogens (primary N) is 1. The van der Waals surface area contributed by atoms with Crippen LogP contribution in [0.3, 0.4) is 0 Å². The van der Waals surface area contributed by atoms with Gasteiger partial charge in [0.15, 0.2) is 0 Å². The molecule has 0 bridgehead atoms. The monoisotopic (exact) mass is 1680 g/mol. The van der Waals surface area contributed by atoms with E-state index in [4.69, 9.17) is 36.3 Å². The molecule has 0 spiro atoms. The predicted molar refractivity (Wildman–Crippen MR) is 480 cm³/mol. The Kier molecular flexibility index (Phi) is 27.9. The Morgan fingerprint density at radius 1 is 0.405 bits per heavy atom. The van der Waals surface area contributed by atoms with Gasteiger partial charge in [0.25, 0.3) is 34.4 Å². The molecule has 0 aliphatic rings. The SMILES string of the molecule is CC[C@H](Nc1cc(C)nc(C)n1)c1nc2cccc(NCc3ccc(C(=O)NO)cc3)c2c(=O)n1-c1ccccc1.CC[C@H](Nc1nc(C)nc(C)c1C#N)c1nc2cccc(NCc3ccc(C(=O)NO)cc3)c2c(=O)n1-c1ccccc1.CC[C@H](Nc1ncnc(N)c1C#N)c1nc2cccc(NCc3ccc(C(=O)NO)cc3)c2c(=O)n1-c1ccccc1. The number of nitriles is 2. The zero-order valence-electron chi connectivity index (χ0n) is 69.5. The molecule has 0 unspecified atom stereocenters. The molecule has 9 aromatic carbocycles. The first kappa shape index (κ1) is 87.3. The number of carbonyl (C=O) groups is 3. The lowest BCUT2D eigenvalue weighted by molar-refractivity contribution is 0.0702. The number of nitrogen functional groups attached to an aromatic ring is 1. The van der Waals surface area contributed by atoms with Crippen LogP contribution >= 0.6 is 0 Å². The summed E-state index contributed by atoms with van der Waals surface area (Å²) in [5, 5.41) is 67.4. The van der Waals surface area contributed by atoms with Gasteiger partial charge in [-0.15, -0.1) is 0 Å². The average Bonchev–Trinajstić information content (AvgIpc) is 0.762. The van der Waals surface area contributed by atoms with Gasteiger partial charge in [0.2, 0.25) is 0 Å². The molecule has 0 saturated heterocycles. The molecule has 33 nitrogen and oxygen atoms in total. The minimum Gasteiger partial charge on any atom is -0.382 e. The molecular formula is C93H88N24O9. The Hall–Kier alpha value is -16.5. The van der Waals surface area contributed by atoms with Gasteiger partial charge in [-0.1, -0.05) is 130 Å². The maximum absolute atomic E-state index is 14.3. The number of aryl methyl sites for hydroxylation is 4. The summed E-state index contributed by atoms with van der Waals surface area (Å²) in [5.74, 6) is 2.31. The van der Waals surface area contributed by atoms with E-state index < -0.39 is 29.8 Å². The van der Waals surface area contributed by atoms with Crippen LogP contribution in [0.4, 0.5) is 40.3 Å². The lowest BCUT2D eigenvalue weighted by Gasteiger charge is -2.23. The number of benzene rings is 9. The summed E-state index contributed by atoms with van der Waals surface area (Å²) in [6, 6.07) is 69.6. The fourth-order valence-corrected chi connectivity index (χ4v) is 14.4. The minimum atomic E-state index is -0.598. The number of anilines is 7. The molecule has 0 saturated carbocycles. The molecule has 14 N–H and O–H groups in total. The van der Waals surface area contributed by atoms with E-state index in [1.165, 1.54) is 6.33 Å². The van der Waals surface area contributed by atoms with E-state index >= 15 is 0 Å². The van der Waals surface area contributed by atoms with Crippen LogP contribution in [0.1, 0.15) is 158 Å². The Morgan fingerprint density at radius 3 is 1.10 bits per heavy atom. The highest BCUT2D eigenvalue weighted by Gasteiger charge is 2.28. The molecule has 634 valence electrons. The second-order valence-electron chi connectivity index (χ2n) is 29.0. The number of carbonyl (C=O) groups excluding carboxylic acids is 3. The van der Waals surface area contributed by atoms with Crippen LogP contribution in [-0.2, 0) is 19.6 Å². The van der Waals surface area contributed by atoms with E-state index in [9.17, 15) is 39.3 Å². The number of hydrogen-bond donors (Lipinski definition) is 13. The number of rotatable bonds is 27. The summed E-state index contributed by atoms with van der Waals surface area (Å²) in [6.07, 6.45) is 3.01. The number of nitrogens with zero attached hydrogens (tertiary/aromatic N) is 14. The third-order valence-corrected chi connectivity index (χ3v) is 20.6. The first-order chi connectivity index (χ1) is 61.2. The van der Waals surface area contributed by atoms with Crippen LogP contribution in [0.5, 0.6) is 0 Å². The van der Waals surface area contributed by atoms with E-state index in [0.717, 1.165) is 22.4 Å². The molecule has 6 heterocycles. The van der Waals surface area contributed by atoms with Gasteiger partial charge in [-0.25, -0.2) is 61.3 Å². The van der Waals surface area contributed by atoms with Gasteiger partial charge >= 0.3 is 0 Å². The van der Waals surface area contributed by atoms with Crippen molar-refractivity contribution in [2.45, 2.75) is 105 Å². The second-order valence-corrected chi connectivity index (χ2v) is 29.0. The van der Waals surface area contributed by atoms with Crippen LogP contribution in [0.2, 0.25) is 0 Å². The molecule has 126 heavy (non-hydrogen) atoms. The highest BCUT2D eigenvalue weighted by atomic mass is 16.5. The standard InChI is InChI=1S/C32H30N8O3.C31H31N7O3.C30H27N9O3/c1-4-25(37-29-24(17-33)19(2)35-20(3)36-29)30-38-27-12-8-11-26(28(27)32(42)40(30)23-9-6-5-7-10-23)34-18-21-13-15-22(16-14-21)31(41)39-43;1-4-24(35-27-17-19(2)33-20(3)34-27)29-36-26-12-8-11-25(28(26)31(40)38(29)23-9-6-5-7-10-23)32-18-21-13-15-22(16-14-21)30(39)37-41;1-2-22(36-27-21(15-31)26(32)34-17-35-27)28-37-24-10-6-9-23(25(24)30(41)39(28)20-7-4-3-5-8-20)33-16-18-11-13-19(14-12-18)29(40)38-42/h5-16,25,34,43H,4,18H2,1-3H3,(H,39,41)(H,35,36,37);5-17,24,32,41H,4,18H2,1-3H3,(H,37,39)(H,33,34,35);3-14,17,22,33,42H,2,16H2,1H3,(H,38,40)(H3,32,34,35,36)/t25-;24-;22-/m000/s1. The molecule has 0 aliphatic carbocycles. The maximum Gasteiger partial charge on any atom is 0.274 e. The highest BCUT2D eigenvalue weighted by Crippen LogP contribution is 2.33. The van der Waals surface area contributed by atoms with Gasteiger partial charge in [0.05, 0.1) is 73.6 Å². The molecule has 0 radical (unpaired) electrons. The first-order valence-electron chi connectivity index (χ1n) is 40.2. The molecule has 15 aromatic rings. The molecular weight excluding hydrogens is 1600 g/mol. The molecule has 15 rings (SSSR count). The largest absolute Gasteiger partial charge is 0.382 e. The minimum absolute atomic E-state index is 0.0544. The number of fused-ring (bicyclic) bond motifs is 3. The van der Waals surface area contributed by atoms with E-state index in [-0.39, 0.29) is 39.9 Å². The molecule has 3 amide bonds. The van der Waals surface area contributed by atoms with Crippen molar-refractivity contribution in [1.82, 2.24) is 75.0 Å². The molecule has 3 atom stereocenters. The van der Waals surface area contributed by atoms with E-state index in [1.54, 1.807) is 129 Å². The lowest BCUT2D eigenvalue weighted by atomic mass is 10.1. The normalized spacial score (nSPS) is 11.6. The van der Waals surface area contributed by atoms with Crippen molar-refractivity contribution < 1.29 is 30.0 Å². The van der Waals surface area contributed by atoms with E-state index in [0.29, 0.717) is 174 Å². The Labute approximate surface area is 721 Å². The third kappa shape index (κ3) is 19.7. The summed E-state index contributed by atoms with van der Waals surface area (Å²) in [7, 11) is 0. The van der Waals surface area contributed by atoms with Crippen LogP contribution in [0.25, 0.3) is 49.8 Å². The number of para-hydroxylation sites is 3. The number of hydrogen-bond acceptors (Lipinski definition) is 27. The Morgan fingerprint density at radius 2 is 0.754 bits per heavy atom.